The first-order valence-electron chi connectivity index (χ1n) is 12.8. The van der Waals surface area contributed by atoms with Crippen molar-refractivity contribution in [2.24, 2.45) is 11.3 Å². The zero-order chi connectivity index (χ0) is 23.9. The van der Waals surface area contributed by atoms with Crippen LogP contribution in [-0.2, 0) is 27.7 Å². The molecule has 2 aliphatic rings. The Morgan fingerprint density at radius 2 is 1.58 bits per heavy atom. The van der Waals surface area contributed by atoms with Crippen LogP contribution < -0.4 is 28.1 Å². The van der Waals surface area contributed by atoms with Crippen LogP contribution in [-0.4, -0.2) is 3.71 Å². The maximum Gasteiger partial charge on any atom is -1.00 e. The summed E-state index contributed by atoms with van der Waals surface area (Å²) in [6.45, 7) is 11.6. The van der Waals surface area contributed by atoms with Crippen molar-refractivity contribution in [2.45, 2.75) is 53.9 Å². The van der Waals surface area contributed by atoms with E-state index in [9.17, 15) is 0 Å². The molecule has 36 heavy (non-hydrogen) atoms. The van der Waals surface area contributed by atoms with Crippen LogP contribution in [0.2, 0.25) is 0 Å². The normalized spacial score (nSPS) is 15.9. The van der Waals surface area contributed by atoms with Gasteiger partial charge in [0.05, 0.1) is 0 Å². The molecule has 1 unspecified atom stereocenters. The number of hydrogen-bond donors (Lipinski definition) is 0. The van der Waals surface area contributed by atoms with Crippen LogP contribution in [0, 0.1) is 18.3 Å². The summed E-state index contributed by atoms with van der Waals surface area (Å²) in [7, 11) is 0. The Kier molecular flexibility index (Phi) is 9.59. The van der Waals surface area contributed by atoms with E-state index in [1.165, 1.54) is 46.2 Å². The minimum atomic E-state index is -2.35. The van der Waals surface area contributed by atoms with Crippen molar-refractivity contribution in [3.8, 4) is 11.1 Å². The molecule has 0 bridgehead atoms. The summed E-state index contributed by atoms with van der Waals surface area (Å²) < 4.78 is 6.15. The molecule has 0 spiro atoms. The maximum atomic E-state index is 2.72. The summed E-state index contributed by atoms with van der Waals surface area (Å²) in [5.41, 5.74) is 10.5. The molecule has 0 fully saturated rings. The van der Waals surface area contributed by atoms with E-state index in [1.54, 1.807) is 12.1 Å². The molecule has 0 nitrogen and oxygen atoms in total. The molecule has 3 aromatic rings. The molecule has 0 radical (unpaired) electrons. The van der Waals surface area contributed by atoms with E-state index in [4.69, 9.17) is 0 Å². The van der Waals surface area contributed by atoms with Crippen LogP contribution >= 0.6 is 0 Å². The predicted molar refractivity (Wildman–Crippen MR) is 145 cm³/mol. The smallest absolute Gasteiger partial charge is 1.00 e. The van der Waals surface area contributed by atoms with Crippen molar-refractivity contribution < 1.29 is 46.1 Å². The van der Waals surface area contributed by atoms with Gasteiger partial charge in [-0.15, -0.1) is 0 Å². The molecule has 0 heterocycles. The number of hydrogen-bond acceptors (Lipinski definition) is 0. The van der Waals surface area contributed by atoms with Crippen molar-refractivity contribution in [3.63, 3.8) is 0 Å². The summed E-state index contributed by atoms with van der Waals surface area (Å²) in [6.07, 6.45) is 8.81. The second kappa shape index (κ2) is 11.9. The van der Waals surface area contributed by atoms with Gasteiger partial charge in [-0.3, -0.25) is 0 Å². The number of rotatable bonds is 5. The van der Waals surface area contributed by atoms with Crippen molar-refractivity contribution >= 4 is 6.98 Å². The minimum absolute atomic E-state index is 0. The molecule has 0 N–H and O–H groups in total. The SMILES string of the molecule is CCCC1C=C(C(C)(C)C)C=[C]1/[Zr+2](=[CH]/c1ccc(C)cc1)[c]1cccc2c1Cc1ccccc1-2.[Cl-].[Cl-]. The molecule has 0 saturated heterocycles. The van der Waals surface area contributed by atoms with E-state index in [1.807, 2.05) is 0 Å². The van der Waals surface area contributed by atoms with E-state index < -0.39 is 21.3 Å². The fourth-order valence-electron chi connectivity index (χ4n) is 5.48. The van der Waals surface area contributed by atoms with E-state index in [0.29, 0.717) is 5.92 Å². The summed E-state index contributed by atoms with van der Waals surface area (Å²) >= 11 is -2.35. The fraction of sp³-hybridized carbons (Fsp3) is 0.303. The number of benzene rings is 3. The quantitative estimate of drug-likeness (QED) is 0.332. The van der Waals surface area contributed by atoms with Crippen LogP contribution in [0.1, 0.15) is 62.8 Å². The molecular formula is C33H36Cl2Zr. The maximum absolute atomic E-state index is 2.72. The van der Waals surface area contributed by atoms with Gasteiger partial charge in [0.15, 0.2) is 0 Å². The second-order valence-electron chi connectivity index (χ2n) is 11.0. The average Bonchev–Trinajstić information content (AvgIpc) is 3.41. The molecule has 0 saturated carbocycles. The molecule has 3 aromatic carbocycles. The van der Waals surface area contributed by atoms with Gasteiger partial charge in [0.2, 0.25) is 0 Å². The van der Waals surface area contributed by atoms with Gasteiger partial charge in [-0.2, -0.15) is 0 Å². The van der Waals surface area contributed by atoms with Gasteiger partial charge in [-0.05, 0) is 0 Å². The van der Waals surface area contributed by atoms with Gasteiger partial charge in [0, 0.05) is 0 Å². The summed E-state index contributed by atoms with van der Waals surface area (Å²) in [5, 5.41) is 0. The first-order chi connectivity index (χ1) is 16.3. The molecule has 0 amide bonds. The van der Waals surface area contributed by atoms with Gasteiger partial charge < -0.3 is 24.8 Å². The Morgan fingerprint density at radius 1 is 0.889 bits per heavy atom. The molecule has 0 aromatic heterocycles. The summed E-state index contributed by atoms with van der Waals surface area (Å²) in [6, 6.07) is 25.4. The summed E-state index contributed by atoms with van der Waals surface area (Å²) in [5.74, 6) is 0.593. The Labute approximate surface area is 237 Å². The monoisotopic (exact) mass is 592 g/mol. The molecule has 0 aliphatic heterocycles. The molecular weight excluding hydrogens is 558 g/mol. The Balaban J connectivity index is 0.00000180. The average molecular weight is 595 g/mol. The number of fused-ring (bicyclic) bond motifs is 3. The van der Waals surface area contributed by atoms with E-state index in [0.717, 1.165) is 6.42 Å². The van der Waals surface area contributed by atoms with E-state index in [2.05, 4.69) is 117 Å². The molecule has 5 rings (SSSR count). The first kappa shape index (κ1) is 29.0. The standard InChI is InChI=1S/C13H9.C12H19.C8H8.2ClH.Zr/c1-3-7-12-10(5-1)9-11-6-2-4-8-13(11)12;1-5-6-10-7-8-11(9-10)12(2,3)4;1-7-3-5-8(2)6-4-7;;;/h1-5,7-8H,9H2;8-10H,5-6H2,1-4H3;1,3-6H,2H3;2*1H;/q;;;;;+2/p-2. The predicted octanol–water partition coefficient (Wildman–Crippen LogP) is 1.95. The number of aryl methyl sites for hydroxylation is 1. The summed E-state index contributed by atoms with van der Waals surface area (Å²) in [4.78, 5) is 0. The van der Waals surface area contributed by atoms with Crippen LogP contribution in [0.4, 0.5) is 0 Å². The van der Waals surface area contributed by atoms with Crippen LogP contribution in [0.3, 0.4) is 0 Å². The zero-order valence-electron chi connectivity index (χ0n) is 22.0. The third-order valence-electron chi connectivity index (χ3n) is 7.40. The van der Waals surface area contributed by atoms with Gasteiger partial charge in [0.1, 0.15) is 0 Å². The zero-order valence-corrected chi connectivity index (χ0v) is 26.0. The van der Waals surface area contributed by atoms with Gasteiger partial charge in [-0.1, -0.05) is 0 Å². The van der Waals surface area contributed by atoms with Crippen molar-refractivity contribution in [1.82, 2.24) is 0 Å². The Hall–Kier alpha value is -1.53. The van der Waals surface area contributed by atoms with Gasteiger partial charge in [0.25, 0.3) is 0 Å². The van der Waals surface area contributed by atoms with E-state index >= 15 is 0 Å². The third-order valence-corrected chi connectivity index (χ3v) is 14.3. The van der Waals surface area contributed by atoms with Crippen molar-refractivity contribution in [1.29, 1.82) is 0 Å². The van der Waals surface area contributed by atoms with Gasteiger partial charge in [-0.25, -0.2) is 0 Å². The Bertz CT molecular complexity index is 1320. The molecule has 2 aliphatic carbocycles. The van der Waals surface area contributed by atoms with E-state index in [-0.39, 0.29) is 30.2 Å². The molecule has 3 heteroatoms. The first-order valence-corrected chi connectivity index (χ1v) is 16.7. The largest absolute Gasteiger partial charge is 1.00 e. The van der Waals surface area contributed by atoms with Crippen LogP contribution in [0.25, 0.3) is 11.1 Å². The molecule has 1 atom stereocenters. The van der Waals surface area contributed by atoms with Crippen LogP contribution in [0.5, 0.6) is 0 Å². The van der Waals surface area contributed by atoms with Crippen molar-refractivity contribution in [2.75, 3.05) is 0 Å². The van der Waals surface area contributed by atoms with Crippen LogP contribution in [0.15, 0.2) is 87.7 Å². The van der Waals surface area contributed by atoms with Crippen molar-refractivity contribution in [3.05, 3.63) is 110 Å². The third kappa shape index (κ3) is 5.80. The van der Waals surface area contributed by atoms with Gasteiger partial charge >= 0.3 is 215 Å². The minimum Gasteiger partial charge on any atom is -1.00 e. The topological polar surface area (TPSA) is 0 Å². The molecule has 186 valence electrons. The second-order valence-corrected chi connectivity index (χ2v) is 16.5. The number of halogens is 2. The fourth-order valence-corrected chi connectivity index (χ4v) is 12.7. The number of allylic oxidation sites excluding steroid dienone is 4. The Morgan fingerprint density at radius 3 is 2.28 bits per heavy atom.